The van der Waals surface area contributed by atoms with E-state index in [1.807, 2.05) is 0 Å². The third kappa shape index (κ3) is 1.79. The Balaban J connectivity index is 1.39. The van der Waals surface area contributed by atoms with Crippen LogP contribution < -0.4 is 10.6 Å². The maximum atomic E-state index is 12.2. The lowest BCUT2D eigenvalue weighted by molar-refractivity contribution is -0.127. The van der Waals surface area contributed by atoms with Crippen LogP contribution in [0, 0.1) is 29.6 Å². The van der Waals surface area contributed by atoms with E-state index in [-0.39, 0.29) is 17.7 Å². The number of nitrogens with one attached hydrogen (secondary N) is 2. The molecule has 0 radical (unpaired) electrons. The summed E-state index contributed by atoms with van der Waals surface area (Å²) in [7, 11) is 0. The Labute approximate surface area is 113 Å². The van der Waals surface area contributed by atoms with Crippen molar-refractivity contribution in [3.05, 3.63) is 0 Å². The summed E-state index contributed by atoms with van der Waals surface area (Å²) in [5.74, 6) is 3.43. The second-order valence-electron chi connectivity index (χ2n) is 6.97. The van der Waals surface area contributed by atoms with Crippen LogP contribution in [0.1, 0.15) is 38.5 Å². The van der Waals surface area contributed by atoms with Crippen LogP contribution in [0.2, 0.25) is 0 Å². The fourth-order valence-corrected chi connectivity index (χ4v) is 5.33. The second kappa shape index (κ2) is 4.22. The van der Waals surface area contributed by atoms with Crippen molar-refractivity contribution in [1.82, 2.24) is 10.6 Å². The summed E-state index contributed by atoms with van der Waals surface area (Å²) in [6.45, 7) is 0.525. The van der Waals surface area contributed by atoms with Gasteiger partial charge < -0.3 is 10.6 Å². The van der Waals surface area contributed by atoms with E-state index < -0.39 is 0 Å². The molecule has 19 heavy (non-hydrogen) atoms. The first kappa shape index (κ1) is 11.7. The number of hydrogen-bond donors (Lipinski definition) is 2. The highest BCUT2D eigenvalue weighted by Crippen LogP contribution is 2.58. The van der Waals surface area contributed by atoms with Crippen molar-refractivity contribution < 1.29 is 9.59 Å². The Morgan fingerprint density at radius 1 is 1.16 bits per heavy atom. The highest BCUT2D eigenvalue weighted by molar-refractivity contribution is 5.89. The van der Waals surface area contributed by atoms with Gasteiger partial charge in [-0.15, -0.1) is 0 Å². The van der Waals surface area contributed by atoms with Crippen molar-refractivity contribution in [3.8, 4) is 0 Å². The summed E-state index contributed by atoms with van der Waals surface area (Å²) in [5, 5.41) is 6.00. The molecule has 2 N–H and O–H groups in total. The van der Waals surface area contributed by atoms with Gasteiger partial charge in [-0.1, -0.05) is 6.42 Å². The molecule has 3 aliphatic carbocycles. The van der Waals surface area contributed by atoms with Crippen LogP contribution in [0.3, 0.4) is 0 Å². The molecule has 0 aromatic carbocycles. The third-order valence-electron chi connectivity index (χ3n) is 6.10. The molecule has 0 aromatic heterocycles. The number of carbonyl (C=O) groups is 2. The average molecular weight is 262 g/mol. The molecule has 1 saturated heterocycles. The number of fused-ring (bicyclic) bond motifs is 5. The molecule has 104 valence electrons. The summed E-state index contributed by atoms with van der Waals surface area (Å²) in [6.07, 6.45) is 7.09. The third-order valence-corrected chi connectivity index (χ3v) is 6.10. The molecule has 4 fully saturated rings. The Morgan fingerprint density at radius 3 is 2.79 bits per heavy atom. The van der Waals surface area contributed by atoms with Gasteiger partial charge in [0.25, 0.3) is 0 Å². The van der Waals surface area contributed by atoms with Crippen LogP contribution in [0.25, 0.3) is 0 Å². The quantitative estimate of drug-likeness (QED) is 0.782. The molecule has 1 aliphatic heterocycles. The predicted octanol–water partition coefficient (Wildman–Crippen LogP) is 1.06. The molecule has 4 nitrogen and oxygen atoms in total. The van der Waals surface area contributed by atoms with E-state index in [0.29, 0.717) is 19.0 Å². The molecule has 2 bridgehead atoms. The first-order chi connectivity index (χ1) is 9.22. The minimum Gasteiger partial charge on any atom is -0.355 e. The molecule has 0 aromatic rings. The second-order valence-corrected chi connectivity index (χ2v) is 6.97. The van der Waals surface area contributed by atoms with Crippen molar-refractivity contribution in [2.24, 2.45) is 29.6 Å². The van der Waals surface area contributed by atoms with Gasteiger partial charge in [-0.2, -0.15) is 0 Å². The van der Waals surface area contributed by atoms with Crippen molar-refractivity contribution >= 4 is 11.8 Å². The number of carbonyl (C=O) groups excluding carboxylic acids is 2. The minimum atomic E-state index is -0.133. The zero-order chi connectivity index (χ0) is 13.0. The molecular weight excluding hydrogens is 240 g/mol. The molecule has 0 spiro atoms. The van der Waals surface area contributed by atoms with Crippen LogP contribution in [0.4, 0.5) is 0 Å². The van der Waals surface area contributed by atoms with Gasteiger partial charge >= 0.3 is 0 Å². The van der Waals surface area contributed by atoms with Crippen LogP contribution in [0.5, 0.6) is 0 Å². The van der Waals surface area contributed by atoms with Gasteiger partial charge in [-0.25, -0.2) is 0 Å². The normalized spacial score (nSPS) is 47.3. The molecule has 4 aliphatic rings. The highest BCUT2D eigenvalue weighted by atomic mass is 16.2. The van der Waals surface area contributed by atoms with Crippen molar-refractivity contribution in [2.45, 2.75) is 44.6 Å². The molecule has 4 heteroatoms. The first-order valence-electron chi connectivity index (χ1n) is 7.79. The molecular formula is C15H22N2O2. The molecule has 3 saturated carbocycles. The van der Waals surface area contributed by atoms with Gasteiger partial charge in [0, 0.05) is 19.0 Å². The van der Waals surface area contributed by atoms with Crippen molar-refractivity contribution in [2.75, 3.05) is 6.54 Å². The summed E-state index contributed by atoms with van der Waals surface area (Å²) in [5.41, 5.74) is 0. The number of amides is 2. The van der Waals surface area contributed by atoms with Gasteiger partial charge in [-0.05, 0) is 49.4 Å². The van der Waals surface area contributed by atoms with Crippen LogP contribution in [-0.2, 0) is 9.59 Å². The van der Waals surface area contributed by atoms with E-state index in [4.69, 9.17) is 0 Å². The Bertz CT molecular complexity index is 422. The molecule has 4 rings (SSSR count). The van der Waals surface area contributed by atoms with Gasteiger partial charge in [-0.3, -0.25) is 9.59 Å². The predicted molar refractivity (Wildman–Crippen MR) is 70.1 cm³/mol. The number of hydrogen-bond acceptors (Lipinski definition) is 2. The lowest BCUT2D eigenvalue weighted by Gasteiger charge is -2.32. The summed E-state index contributed by atoms with van der Waals surface area (Å²) in [6, 6.07) is 0.396. The topological polar surface area (TPSA) is 58.2 Å². The Kier molecular flexibility index (Phi) is 2.61. The van der Waals surface area contributed by atoms with Crippen molar-refractivity contribution in [3.63, 3.8) is 0 Å². The fourth-order valence-electron chi connectivity index (χ4n) is 5.33. The minimum absolute atomic E-state index is 0.0175. The van der Waals surface area contributed by atoms with Gasteiger partial charge in [0.2, 0.25) is 11.8 Å². The SMILES string of the molecule is O=C1CC(C(=O)NC2CC3CC2C2CCCC32)CN1. The van der Waals surface area contributed by atoms with E-state index >= 15 is 0 Å². The van der Waals surface area contributed by atoms with Crippen LogP contribution in [0.15, 0.2) is 0 Å². The zero-order valence-electron chi connectivity index (χ0n) is 11.2. The molecule has 6 unspecified atom stereocenters. The fraction of sp³-hybridized carbons (Fsp3) is 0.867. The molecule has 1 heterocycles. The molecule has 2 amide bonds. The average Bonchev–Trinajstić information content (AvgIpc) is 3.08. The maximum absolute atomic E-state index is 12.2. The standard InChI is InChI=1S/C15H22N2O2/c18-14-6-9(7-16-14)15(19)17-13-5-8-4-12(13)11-3-1-2-10(8)11/h8-13H,1-7H2,(H,16,18)(H,17,19). The summed E-state index contributed by atoms with van der Waals surface area (Å²) >= 11 is 0. The Hall–Kier alpha value is -1.06. The lowest BCUT2D eigenvalue weighted by Crippen LogP contribution is -2.45. The molecule has 6 atom stereocenters. The van der Waals surface area contributed by atoms with Crippen LogP contribution >= 0.6 is 0 Å². The van der Waals surface area contributed by atoms with Crippen molar-refractivity contribution in [1.29, 1.82) is 0 Å². The van der Waals surface area contributed by atoms with Crippen LogP contribution in [-0.4, -0.2) is 24.4 Å². The van der Waals surface area contributed by atoms with Gasteiger partial charge in [0.15, 0.2) is 0 Å². The number of rotatable bonds is 2. The summed E-state index contributed by atoms with van der Waals surface area (Å²) < 4.78 is 0. The van der Waals surface area contributed by atoms with E-state index in [0.717, 1.165) is 23.7 Å². The van der Waals surface area contributed by atoms with E-state index in [1.165, 1.54) is 32.1 Å². The highest BCUT2D eigenvalue weighted by Gasteiger charge is 2.54. The van der Waals surface area contributed by atoms with E-state index in [2.05, 4.69) is 10.6 Å². The monoisotopic (exact) mass is 262 g/mol. The van der Waals surface area contributed by atoms with E-state index in [1.54, 1.807) is 0 Å². The van der Waals surface area contributed by atoms with Gasteiger partial charge in [0.1, 0.15) is 0 Å². The van der Waals surface area contributed by atoms with Gasteiger partial charge in [0.05, 0.1) is 5.92 Å². The summed E-state index contributed by atoms with van der Waals surface area (Å²) in [4.78, 5) is 23.4. The van der Waals surface area contributed by atoms with E-state index in [9.17, 15) is 9.59 Å². The first-order valence-corrected chi connectivity index (χ1v) is 7.79. The Morgan fingerprint density at radius 2 is 2.00 bits per heavy atom. The smallest absolute Gasteiger partial charge is 0.225 e. The largest absolute Gasteiger partial charge is 0.355 e. The lowest BCUT2D eigenvalue weighted by atomic mass is 9.79. The maximum Gasteiger partial charge on any atom is 0.225 e. The zero-order valence-corrected chi connectivity index (χ0v) is 11.2.